The van der Waals surface area contributed by atoms with Crippen LogP contribution in [0.5, 0.6) is 0 Å². The molecule has 2 aromatic rings. The van der Waals surface area contributed by atoms with Crippen LogP contribution >= 0.6 is 11.8 Å². The zero-order chi connectivity index (χ0) is 14.0. The summed E-state index contributed by atoms with van der Waals surface area (Å²) < 4.78 is 0.232. The molecule has 0 radical (unpaired) electrons. The molecule has 4 heteroatoms. The number of rotatable bonds is 4. The van der Waals surface area contributed by atoms with Crippen LogP contribution in [0.3, 0.4) is 0 Å². The lowest BCUT2D eigenvalue weighted by molar-refractivity contribution is -0.120. The molecule has 1 aromatic carbocycles. The third-order valence-corrected chi connectivity index (χ3v) is 5.52. The van der Waals surface area contributed by atoms with Crippen LogP contribution < -0.4 is 5.32 Å². The number of aromatic nitrogens is 1. The van der Waals surface area contributed by atoms with Crippen molar-refractivity contribution in [2.45, 2.75) is 30.9 Å². The summed E-state index contributed by atoms with van der Waals surface area (Å²) in [4.78, 5) is 15.3. The summed E-state index contributed by atoms with van der Waals surface area (Å²) in [7, 11) is 0. The van der Waals surface area contributed by atoms with Crippen molar-refractivity contribution in [1.82, 2.24) is 10.3 Å². The van der Waals surface area contributed by atoms with Gasteiger partial charge in [-0.15, -0.1) is 0 Å². The van der Waals surface area contributed by atoms with Gasteiger partial charge in [-0.2, -0.15) is 11.8 Å². The SMILES string of the molecule is CC1(CNC(=O)Cc2c[nH]c3ccccc23)CCCS1. The number of H-pyrrole nitrogens is 1. The monoisotopic (exact) mass is 288 g/mol. The van der Waals surface area contributed by atoms with Crippen LogP contribution in [0.15, 0.2) is 30.5 Å². The molecule has 0 aliphatic carbocycles. The van der Waals surface area contributed by atoms with E-state index in [2.05, 4.69) is 23.3 Å². The molecule has 3 rings (SSSR count). The van der Waals surface area contributed by atoms with Crippen molar-refractivity contribution in [2.24, 2.45) is 0 Å². The van der Waals surface area contributed by atoms with Crippen molar-refractivity contribution in [3.8, 4) is 0 Å². The number of thioether (sulfide) groups is 1. The molecule has 1 atom stereocenters. The third kappa shape index (κ3) is 2.85. The minimum Gasteiger partial charge on any atom is -0.361 e. The summed E-state index contributed by atoms with van der Waals surface area (Å²) in [5, 5.41) is 4.24. The Hall–Kier alpha value is -1.42. The number of amides is 1. The van der Waals surface area contributed by atoms with E-state index in [0.29, 0.717) is 6.42 Å². The molecular formula is C16H20N2OS. The average molecular weight is 288 g/mol. The summed E-state index contributed by atoms with van der Waals surface area (Å²) in [6, 6.07) is 8.10. The van der Waals surface area contributed by atoms with Gasteiger partial charge in [0.05, 0.1) is 6.42 Å². The highest BCUT2D eigenvalue weighted by atomic mass is 32.2. The lowest BCUT2D eigenvalue weighted by Crippen LogP contribution is -2.37. The first-order chi connectivity index (χ1) is 9.66. The molecule has 0 spiro atoms. The van der Waals surface area contributed by atoms with Gasteiger partial charge in [-0.25, -0.2) is 0 Å². The van der Waals surface area contributed by atoms with E-state index in [0.717, 1.165) is 23.0 Å². The van der Waals surface area contributed by atoms with Crippen LogP contribution in [0.25, 0.3) is 10.9 Å². The molecular weight excluding hydrogens is 268 g/mol. The van der Waals surface area contributed by atoms with Gasteiger partial charge < -0.3 is 10.3 Å². The maximum absolute atomic E-state index is 12.1. The molecule has 1 aromatic heterocycles. The first-order valence-electron chi connectivity index (χ1n) is 7.12. The molecule has 0 bridgehead atoms. The summed E-state index contributed by atoms with van der Waals surface area (Å²) in [5.41, 5.74) is 2.16. The molecule has 1 amide bonds. The number of benzene rings is 1. The van der Waals surface area contributed by atoms with Crippen LogP contribution in [0, 0.1) is 0 Å². The van der Waals surface area contributed by atoms with Crippen molar-refractivity contribution < 1.29 is 4.79 Å². The minimum absolute atomic E-state index is 0.114. The first kappa shape index (κ1) is 13.6. The standard InChI is InChI=1S/C16H20N2OS/c1-16(7-4-8-20-16)11-18-15(19)9-12-10-17-14-6-3-2-5-13(12)14/h2-3,5-6,10,17H,4,7-9,11H2,1H3,(H,18,19). The lowest BCUT2D eigenvalue weighted by Gasteiger charge is -2.22. The highest BCUT2D eigenvalue weighted by Gasteiger charge is 2.29. The molecule has 20 heavy (non-hydrogen) atoms. The maximum atomic E-state index is 12.1. The molecule has 1 saturated heterocycles. The summed E-state index contributed by atoms with van der Waals surface area (Å²) >= 11 is 1.98. The van der Waals surface area contributed by atoms with Crippen LogP contribution in [0.1, 0.15) is 25.3 Å². The molecule has 1 unspecified atom stereocenters. The van der Waals surface area contributed by atoms with Gasteiger partial charge in [0.1, 0.15) is 0 Å². The number of carbonyl (C=O) groups excluding carboxylic acids is 1. The Morgan fingerprint density at radius 1 is 1.45 bits per heavy atom. The van der Waals surface area contributed by atoms with E-state index >= 15 is 0 Å². The Labute approximate surface area is 123 Å². The fourth-order valence-electron chi connectivity index (χ4n) is 2.78. The Balaban J connectivity index is 1.61. The number of aromatic amines is 1. The number of fused-ring (bicyclic) bond motifs is 1. The van der Waals surface area contributed by atoms with Crippen molar-refractivity contribution in [1.29, 1.82) is 0 Å². The molecule has 0 saturated carbocycles. The predicted molar refractivity (Wildman–Crippen MR) is 85.1 cm³/mol. The van der Waals surface area contributed by atoms with Crippen LogP contribution in [-0.2, 0) is 11.2 Å². The Morgan fingerprint density at radius 3 is 3.10 bits per heavy atom. The maximum Gasteiger partial charge on any atom is 0.224 e. The van der Waals surface area contributed by atoms with E-state index in [1.54, 1.807) is 0 Å². The second-order valence-corrected chi connectivity index (χ2v) is 7.40. The third-order valence-electron chi connectivity index (χ3n) is 3.99. The Bertz CT molecular complexity index is 614. The molecule has 1 aliphatic heterocycles. The topological polar surface area (TPSA) is 44.9 Å². The smallest absolute Gasteiger partial charge is 0.224 e. The zero-order valence-electron chi connectivity index (χ0n) is 11.7. The van der Waals surface area contributed by atoms with Crippen molar-refractivity contribution in [2.75, 3.05) is 12.3 Å². The van der Waals surface area contributed by atoms with Gasteiger partial charge in [0.2, 0.25) is 5.91 Å². The fraction of sp³-hybridized carbons (Fsp3) is 0.438. The van der Waals surface area contributed by atoms with E-state index in [4.69, 9.17) is 0 Å². The van der Waals surface area contributed by atoms with Gasteiger partial charge in [-0.1, -0.05) is 18.2 Å². The number of hydrogen-bond acceptors (Lipinski definition) is 2. The lowest BCUT2D eigenvalue weighted by atomic mass is 10.1. The van der Waals surface area contributed by atoms with Gasteiger partial charge in [0, 0.05) is 28.4 Å². The normalized spacial score (nSPS) is 22.2. The van der Waals surface area contributed by atoms with Crippen LogP contribution in [-0.4, -0.2) is 27.9 Å². The first-order valence-corrected chi connectivity index (χ1v) is 8.10. The fourth-order valence-corrected chi connectivity index (χ4v) is 4.02. The van der Waals surface area contributed by atoms with Crippen molar-refractivity contribution >= 4 is 28.6 Å². The number of nitrogens with one attached hydrogen (secondary N) is 2. The largest absolute Gasteiger partial charge is 0.361 e. The van der Waals surface area contributed by atoms with Gasteiger partial charge in [0.25, 0.3) is 0 Å². The summed E-state index contributed by atoms with van der Waals surface area (Å²) in [6.07, 6.45) is 4.85. The van der Waals surface area contributed by atoms with E-state index < -0.39 is 0 Å². The molecule has 1 aliphatic rings. The predicted octanol–water partition coefficient (Wildman–Crippen LogP) is 3.11. The van der Waals surface area contributed by atoms with Crippen molar-refractivity contribution in [3.63, 3.8) is 0 Å². The Kier molecular flexibility index (Phi) is 3.74. The van der Waals surface area contributed by atoms with Crippen LogP contribution in [0.4, 0.5) is 0 Å². The molecule has 2 heterocycles. The van der Waals surface area contributed by atoms with Gasteiger partial charge in [0.15, 0.2) is 0 Å². The molecule has 106 valence electrons. The molecule has 3 nitrogen and oxygen atoms in total. The van der Waals surface area contributed by atoms with Crippen molar-refractivity contribution in [3.05, 3.63) is 36.0 Å². The van der Waals surface area contributed by atoms with Gasteiger partial charge in [-0.05, 0) is 37.1 Å². The number of para-hydroxylation sites is 1. The highest BCUT2D eigenvalue weighted by Crippen LogP contribution is 2.36. The quantitative estimate of drug-likeness (QED) is 0.908. The summed E-state index contributed by atoms with van der Waals surface area (Å²) in [5.74, 6) is 1.33. The Morgan fingerprint density at radius 2 is 2.30 bits per heavy atom. The second-order valence-electron chi connectivity index (χ2n) is 5.71. The average Bonchev–Trinajstić information content (AvgIpc) is 3.05. The molecule has 1 fully saturated rings. The van der Waals surface area contributed by atoms with E-state index in [1.165, 1.54) is 18.6 Å². The van der Waals surface area contributed by atoms with E-state index in [-0.39, 0.29) is 10.7 Å². The van der Waals surface area contributed by atoms with Crippen LogP contribution in [0.2, 0.25) is 0 Å². The van der Waals surface area contributed by atoms with E-state index in [9.17, 15) is 4.79 Å². The number of carbonyl (C=O) groups is 1. The van der Waals surface area contributed by atoms with Gasteiger partial charge >= 0.3 is 0 Å². The minimum atomic E-state index is 0.114. The second kappa shape index (κ2) is 5.52. The molecule has 2 N–H and O–H groups in total. The number of hydrogen-bond donors (Lipinski definition) is 2. The van der Waals surface area contributed by atoms with Gasteiger partial charge in [-0.3, -0.25) is 4.79 Å². The summed E-state index contributed by atoms with van der Waals surface area (Å²) in [6.45, 7) is 3.02. The zero-order valence-corrected chi connectivity index (χ0v) is 12.6. The van der Waals surface area contributed by atoms with E-state index in [1.807, 2.05) is 36.2 Å². The highest BCUT2D eigenvalue weighted by molar-refractivity contribution is 8.00.